The van der Waals surface area contributed by atoms with Gasteiger partial charge in [-0.1, -0.05) is 71.7 Å². The average molecular weight is 585 g/mol. The van der Waals surface area contributed by atoms with Crippen molar-refractivity contribution in [2.24, 2.45) is 5.41 Å². The molecule has 3 aromatic rings. The predicted molar refractivity (Wildman–Crippen MR) is 155 cm³/mol. The number of ether oxygens (including phenoxy) is 2. The molecule has 39 heavy (non-hydrogen) atoms. The molecule has 7 heteroatoms. The minimum Gasteiger partial charge on any atom is -0.507 e. The van der Waals surface area contributed by atoms with E-state index in [1.54, 1.807) is 0 Å². The van der Waals surface area contributed by atoms with Gasteiger partial charge in [-0.05, 0) is 54.7 Å². The zero-order valence-electron chi connectivity index (χ0n) is 22.0. The molecule has 3 aromatic carbocycles. The molecule has 0 amide bonds. The molecule has 198 valence electrons. The highest BCUT2D eigenvalue weighted by atomic mass is 79.9. The number of nitrogens with one attached hydrogen (secondary N) is 1. The lowest BCUT2D eigenvalue weighted by atomic mass is 9.67. The maximum absolute atomic E-state index is 14.0. The second-order valence-electron chi connectivity index (χ2n) is 11.1. The normalized spacial score (nSPS) is 21.2. The monoisotopic (exact) mass is 584 g/mol. The smallest absolute Gasteiger partial charge is 0.231 e. The summed E-state index contributed by atoms with van der Waals surface area (Å²) in [4.78, 5) is 15.9. The summed E-state index contributed by atoms with van der Waals surface area (Å²) < 4.78 is 12.1. The molecule has 1 aliphatic carbocycles. The molecule has 0 fully saturated rings. The molecule has 0 aromatic heterocycles. The maximum atomic E-state index is 14.0. The van der Waals surface area contributed by atoms with Gasteiger partial charge in [0.1, 0.15) is 11.6 Å². The van der Waals surface area contributed by atoms with Crippen molar-refractivity contribution < 1.29 is 19.4 Å². The number of amidine groups is 1. The van der Waals surface area contributed by atoms with Gasteiger partial charge in [0.05, 0.1) is 0 Å². The molecule has 0 saturated heterocycles. The number of hydrogen-bond acceptors (Lipinski definition) is 5. The Hall–Kier alpha value is -3.84. The summed E-state index contributed by atoms with van der Waals surface area (Å²) in [5.74, 6) is 0.721. The van der Waals surface area contributed by atoms with Crippen LogP contribution in [0.5, 0.6) is 11.5 Å². The van der Waals surface area contributed by atoms with Crippen molar-refractivity contribution in [2.45, 2.75) is 39.5 Å². The Morgan fingerprint density at radius 2 is 1.77 bits per heavy atom. The lowest BCUT2D eigenvalue weighted by Gasteiger charge is -2.45. The SMILES string of the molecule is Cc1ccc(C(O)=C2C(=N)N(c3cccc(Br)c3)C3=C(C(=O)CC(C)(C)C3)[C@@H]2c2ccc3c(c2)OCO3)cc1. The van der Waals surface area contributed by atoms with E-state index < -0.39 is 5.92 Å². The van der Waals surface area contributed by atoms with Crippen molar-refractivity contribution in [3.8, 4) is 11.5 Å². The Balaban J connectivity index is 1.67. The summed E-state index contributed by atoms with van der Waals surface area (Å²) in [5, 5.41) is 21.4. The van der Waals surface area contributed by atoms with Crippen LogP contribution in [-0.4, -0.2) is 23.5 Å². The number of carbonyl (C=O) groups is 1. The summed E-state index contributed by atoms with van der Waals surface area (Å²) in [5.41, 5.74) is 4.68. The first-order chi connectivity index (χ1) is 18.6. The lowest BCUT2D eigenvalue weighted by Crippen LogP contribution is -2.45. The number of nitrogens with zero attached hydrogens (tertiary/aromatic N) is 1. The third kappa shape index (κ3) is 4.44. The summed E-state index contributed by atoms with van der Waals surface area (Å²) in [6, 6.07) is 20.9. The first-order valence-electron chi connectivity index (χ1n) is 12.9. The lowest BCUT2D eigenvalue weighted by molar-refractivity contribution is -0.118. The number of ketones is 1. The van der Waals surface area contributed by atoms with E-state index >= 15 is 0 Å². The molecule has 2 N–H and O–H groups in total. The molecule has 0 unspecified atom stereocenters. The minimum atomic E-state index is -0.643. The van der Waals surface area contributed by atoms with Gasteiger partial charge in [-0.2, -0.15) is 0 Å². The number of carbonyl (C=O) groups excluding carboxylic acids is 1. The number of halogens is 1. The van der Waals surface area contributed by atoms with Crippen molar-refractivity contribution in [1.29, 1.82) is 5.41 Å². The maximum Gasteiger partial charge on any atom is 0.231 e. The summed E-state index contributed by atoms with van der Waals surface area (Å²) in [6.45, 7) is 6.29. The van der Waals surface area contributed by atoms with Crippen molar-refractivity contribution in [2.75, 3.05) is 11.7 Å². The van der Waals surface area contributed by atoms with Crippen LogP contribution < -0.4 is 14.4 Å². The van der Waals surface area contributed by atoms with Gasteiger partial charge in [-0.15, -0.1) is 0 Å². The number of fused-ring (bicyclic) bond motifs is 1. The molecular formula is C32H29BrN2O4. The van der Waals surface area contributed by atoms with Gasteiger partial charge < -0.3 is 14.6 Å². The van der Waals surface area contributed by atoms with Crippen molar-refractivity contribution in [3.63, 3.8) is 0 Å². The number of aliphatic hydroxyl groups is 1. The van der Waals surface area contributed by atoms with E-state index in [1.165, 1.54) is 0 Å². The van der Waals surface area contributed by atoms with Crippen LogP contribution in [0.25, 0.3) is 5.76 Å². The largest absolute Gasteiger partial charge is 0.507 e. The predicted octanol–water partition coefficient (Wildman–Crippen LogP) is 7.68. The quantitative estimate of drug-likeness (QED) is 0.308. The van der Waals surface area contributed by atoms with Crippen molar-refractivity contribution in [1.82, 2.24) is 0 Å². The van der Waals surface area contributed by atoms with Gasteiger partial charge in [0.15, 0.2) is 17.3 Å². The second-order valence-corrected chi connectivity index (χ2v) is 12.1. The molecule has 1 atom stereocenters. The van der Waals surface area contributed by atoms with E-state index in [1.807, 2.05) is 78.6 Å². The topological polar surface area (TPSA) is 82.9 Å². The van der Waals surface area contributed by atoms with Crippen LogP contribution in [0.3, 0.4) is 0 Å². The molecule has 2 aliphatic heterocycles. The van der Waals surface area contributed by atoms with Crippen LogP contribution in [-0.2, 0) is 4.79 Å². The van der Waals surface area contributed by atoms with Crippen molar-refractivity contribution >= 4 is 39.0 Å². The summed E-state index contributed by atoms with van der Waals surface area (Å²) in [6.07, 6.45) is 0.994. The second kappa shape index (κ2) is 9.42. The first-order valence-corrected chi connectivity index (χ1v) is 13.7. The number of benzene rings is 3. The zero-order chi connectivity index (χ0) is 27.5. The number of rotatable bonds is 3. The van der Waals surface area contributed by atoms with E-state index in [4.69, 9.17) is 9.47 Å². The highest BCUT2D eigenvalue weighted by Gasteiger charge is 2.47. The number of Topliss-reactive ketones (excluding diaryl/α,β-unsaturated/α-hetero) is 1. The van der Waals surface area contributed by atoms with Crippen molar-refractivity contribution in [3.05, 3.63) is 105 Å². The number of allylic oxidation sites excluding steroid dienone is 2. The molecule has 0 saturated carbocycles. The summed E-state index contributed by atoms with van der Waals surface area (Å²) >= 11 is 3.57. The molecule has 0 spiro atoms. The van der Waals surface area contributed by atoms with Gasteiger partial charge in [-0.3, -0.25) is 15.1 Å². The van der Waals surface area contributed by atoms with E-state index in [0.717, 1.165) is 27.0 Å². The Morgan fingerprint density at radius 1 is 1.03 bits per heavy atom. The Morgan fingerprint density at radius 3 is 2.51 bits per heavy atom. The van der Waals surface area contributed by atoms with Crippen LogP contribution in [0.15, 0.2) is 88.0 Å². The van der Waals surface area contributed by atoms with E-state index in [9.17, 15) is 15.3 Å². The number of hydrogen-bond donors (Lipinski definition) is 2. The molecule has 2 heterocycles. The molecular weight excluding hydrogens is 556 g/mol. The molecule has 0 radical (unpaired) electrons. The van der Waals surface area contributed by atoms with Crippen LogP contribution >= 0.6 is 15.9 Å². The fourth-order valence-electron chi connectivity index (χ4n) is 5.81. The zero-order valence-corrected chi connectivity index (χ0v) is 23.6. The Bertz CT molecular complexity index is 1590. The van der Waals surface area contributed by atoms with Gasteiger partial charge in [-0.25, -0.2) is 0 Å². The third-order valence-electron chi connectivity index (χ3n) is 7.60. The van der Waals surface area contributed by atoms with E-state index in [0.29, 0.717) is 41.1 Å². The van der Waals surface area contributed by atoms with E-state index in [2.05, 4.69) is 29.8 Å². The Labute approximate surface area is 236 Å². The highest BCUT2D eigenvalue weighted by molar-refractivity contribution is 9.10. The van der Waals surface area contributed by atoms with Crippen LogP contribution in [0.4, 0.5) is 5.69 Å². The Kier molecular flexibility index (Phi) is 6.14. The van der Waals surface area contributed by atoms with Crippen LogP contribution in [0, 0.1) is 17.7 Å². The number of aliphatic hydroxyl groups excluding tert-OH is 1. The van der Waals surface area contributed by atoms with Gasteiger partial charge in [0.25, 0.3) is 0 Å². The van der Waals surface area contributed by atoms with E-state index in [-0.39, 0.29) is 29.6 Å². The van der Waals surface area contributed by atoms with Crippen LogP contribution in [0.2, 0.25) is 0 Å². The number of aryl methyl sites for hydroxylation is 1. The van der Waals surface area contributed by atoms with Crippen LogP contribution in [0.1, 0.15) is 49.3 Å². The standard InChI is InChI=1S/C32H29BrN2O4/c1-18-7-9-19(10-8-18)30(37)29-27(20-11-12-25-26(13-20)39-17-38-25)28-23(15-32(2,3)16-24(28)36)35(31(29)34)22-6-4-5-21(33)14-22/h4-14,27,34,37H,15-17H2,1-3H3/t27-/m0/s1. The molecule has 6 nitrogen and oxygen atoms in total. The first kappa shape index (κ1) is 25.4. The third-order valence-corrected chi connectivity index (χ3v) is 8.09. The summed E-state index contributed by atoms with van der Waals surface area (Å²) in [7, 11) is 0. The molecule has 0 bridgehead atoms. The fourth-order valence-corrected chi connectivity index (χ4v) is 6.19. The van der Waals surface area contributed by atoms with Gasteiger partial charge in [0.2, 0.25) is 6.79 Å². The highest BCUT2D eigenvalue weighted by Crippen LogP contribution is 2.52. The minimum absolute atomic E-state index is 0.0191. The molecule has 3 aliphatic rings. The molecule has 6 rings (SSSR count). The fraction of sp³-hybridized carbons (Fsp3) is 0.250. The van der Waals surface area contributed by atoms with Gasteiger partial charge >= 0.3 is 0 Å². The van der Waals surface area contributed by atoms with Gasteiger partial charge in [0, 0.05) is 44.9 Å². The number of anilines is 1. The average Bonchev–Trinajstić information content (AvgIpc) is 3.35.